The Kier molecular flexibility index (Phi) is 4.60. The molecule has 0 fully saturated rings. The summed E-state index contributed by atoms with van der Waals surface area (Å²) in [6, 6.07) is 10.9. The highest BCUT2D eigenvalue weighted by Gasteiger charge is 2.05. The standard InChI is InChI=1S/C14H15ClN2O2/c1-16-14-6-5-12(15)13(17-14)9-19-11-4-2-3-10(7-11)8-18/h2-7,18H,8-9H2,1H3,(H,16,17). The van der Waals surface area contributed by atoms with Crippen molar-refractivity contribution < 1.29 is 9.84 Å². The maximum Gasteiger partial charge on any atom is 0.132 e. The molecule has 0 atom stereocenters. The lowest BCUT2D eigenvalue weighted by molar-refractivity contribution is 0.277. The second-order valence-corrected chi connectivity index (χ2v) is 4.38. The van der Waals surface area contributed by atoms with Crippen LogP contribution in [0.1, 0.15) is 11.3 Å². The first kappa shape index (κ1) is 13.6. The molecular formula is C14H15ClN2O2. The molecule has 0 aliphatic carbocycles. The zero-order chi connectivity index (χ0) is 13.7. The highest BCUT2D eigenvalue weighted by Crippen LogP contribution is 2.20. The number of aliphatic hydroxyl groups is 1. The van der Waals surface area contributed by atoms with Crippen molar-refractivity contribution in [2.24, 2.45) is 0 Å². The fourth-order valence-electron chi connectivity index (χ4n) is 1.61. The van der Waals surface area contributed by atoms with Crippen LogP contribution < -0.4 is 10.1 Å². The molecule has 2 rings (SSSR count). The van der Waals surface area contributed by atoms with Crippen molar-refractivity contribution in [2.75, 3.05) is 12.4 Å². The molecule has 1 aromatic heterocycles. The van der Waals surface area contributed by atoms with E-state index in [9.17, 15) is 0 Å². The van der Waals surface area contributed by atoms with Gasteiger partial charge >= 0.3 is 0 Å². The number of nitrogens with zero attached hydrogens (tertiary/aromatic N) is 1. The van der Waals surface area contributed by atoms with Gasteiger partial charge in [0.25, 0.3) is 0 Å². The third-order valence-corrected chi connectivity index (χ3v) is 2.98. The van der Waals surface area contributed by atoms with Crippen molar-refractivity contribution in [3.63, 3.8) is 0 Å². The lowest BCUT2D eigenvalue weighted by Gasteiger charge is -2.09. The largest absolute Gasteiger partial charge is 0.487 e. The monoisotopic (exact) mass is 278 g/mol. The highest BCUT2D eigenvalue weighted by molar-refractivity contribution is 6.31. The van der Waals surface area contributed by atoms with Crippen LogP contribution in [0.5, 0.6) is 5.75 Å². The number of hydrogen-bond donors (Lipinski definition) is 2. The van der Waals surface area contributed by atoms with Crippen LogP contribution in [0.25, 0.3) is 0 Å². The summed E-state index contributed by atoms with van der Waals surface area (Å²) in [6.07, 6.45) is 0. The van der Waals surface area contributed by atoms with E-state index in [-0.39, 0.29) is 13.2 Å². The van der Waals surface area contributed by atoms with Crippen molar-refractivity contribution in [3.05, 3.63) is 52.7 Å². The molecule has 5 heteroatoms. The summed E-state index contributed by atoms with van der Waals surface area (Å²) in [5, 5.41) is 12.6. The van der Waals surface area contributed by atoms with Gasteiger partial charge in [-0.2, -0.15) is 0 Å². The van der Waals surface area contributed by atoms with Crippen LogP contribution >= 0.6 is 11.6 Å². The molecule has 0 unspecified atom stereocenters. The maximum absolute atomic E-state index is 9.06. The van der Waals surface area contributed by atoms with E-state index in [1.54, 1.807) is 25.2 Å². The summed E-state index contributed by atoms with van der Waals surface area (Å²) in [7, 11) is 1.80. The highest BCUT2D eigenvalue weighted by atomic mass is 35.5. The Morgan fingerprint density at radius 3 is 2.89 bits per heavy atom. The third kappa shape index (κ3) is 3.59. The molecule has 0 spiro atoms. The predicted molar refractivity (Wildman–Crippen MR) is 75.5 cm³/mol. The summed E-state index contributed by atoms with van der Waals surface area (Å²) < 4.78 is 5.63. The molecule has 0 saturated carbocycles. The number of anilines is 1. The molecule has 2 aromatic rings. The zero-order valence-corrected chi connectivity index (χ0v) is 11.3. The average molecular weight is 279 g/mol. The molecule has 0 bridgehead atoms. The number of halogens is 1. The zero-order valence-electron chi connectivity index (χ0n) is 10.6. The average Bonchev–Trinajstić information content (AvgIpc) is 2.46. The van der Waals surface area contributed by atoms with Crippen molar-refractivity contribution in [2.45, 2.75) is 13.2 Å². The first-order valence-electron chi connectivity index (χ1n) is 5.88. The molecule has 2 N–H and O–H groups in total. The van der Waals surface area contributed by atoms with Gasteiger partial charge < -0.3 is 15.2 Å². The fraction of sp³-hybridized carbons (Fsp3) is 0.214. The van der Waals surface area contributed by atoms with Gasteiger partial charge in [-0.1, -0.05) is 23.7 Å². The first-order valence-corrected chi connectivity index (χ1v) is 6.26. The molecule has 100 valence electrons. The minimum absolute atomic E-state index is 0.00849. The second kappa shape index (κ2) is 6.41. The van der Waals surface area contributed by atoms with E-state index in [1.807, 2.05) is 18.2 Å². The minimum Gasteiger partial charge on any atom is -0.487 e. The second-order valence-electron chi connectivity index (χ2n) is 3.97. The van der Waals surface area contributed by atoms with Gasteiger partial charge in [-0.25, -0.2) is 4.98 Å². The van der Waals surface area contributed by atoms with Crippen LogP contribution in [0.4, 0.5) is 5.82 Å². The number of hydrogen-bond acceptors (Lipinski definition) is 4. The fourth-order valence-corrected chi connectivity index (χ4v) is 1.77. The number of pyridine rings is 1. The van der Waals surface area contributed by atoms with E-state index in [0.717, 1.165) is 11.4 Å². The van der Waals surface area contributed by atoms with Gasteiger partial charge in [0.2, 0.25) is 0 Å². The third-order valence-electron chi connectivity index (χ3n) is 2.63. The van der Waals surface area contributed by atoms with Gasteiger partial charge in [-0.3, -0.25) is 0 Å². The number of aliphatic hydroxyl groups excluding tert-OH is 1. The van der Waals surface area contributed by atoms with Crippen LogP contribution in [0.3, 0.4) is 0 Å². The van der Waals surface area contributed by atoms with Crippen molar-refractivity contribution in [3.8, 4) is 5.75 Å². The van der Waals surface area contributed by atoms with Crippen molar-refractivity contribution >= 4 is 17.4 Å². The summed E-state index contributed by atoms with van der Waals surface area (Å²) >= 11 is 6.07. The van der Waals surface area contributed by atoms with Gasteiger partial charge in [0.05, 0.1) is 17.3 Å². The number of ether oxygens (including phenoxy) is 1. The van der Waals surface area contributed by atoms with Gasteiger partial charge in [0.1, 0.15) is 18.2 Å². The van der Waals surface area contributed by atoms with Crippen LogP contribution in [0.15, 0.2) is 36.4 Å². The van der Waals surface area contributed by atoms with Crippen LogP contribution in [-0.4, -0.2) is 17.1 Å². The Balaban J connectivity index is 2.09. The normalized spacial score (nSPS) is 10.3. The van der Waals surface area contributed by atoms with Gasteiger partial charge in [-0.05, 0) is 29.8 Å². The van der Waals surface area contributed by atoms with Crippen molar-refractivity contribution in [1.29, 1.82) is 0 Å². The maximum atomic E-state index is 9.06. The Bertz CT molecular complexity index is 561. The smallest absolute Gasteiger partial charge is 0.132 e. The Morgan fingerprint density at radius 1 is 1.32 bits per heavy atom. The van der Waals surface area contributed by atoms with Crippen LogP contribution in [-0.2, 0) is 13.2 Å². The summed E-state index contributed by atoms with van der Waals surface area (Å²) in [4.78, 5) is 4.33. The summed E-state index contributed by atoms with van der Waals surface area (Å²) in [5.41, 5.74) is 1.48. The predicted octanol–water partition coefficient (Wildman–Crippen LogP) is 2.85. The molecule has 0 amide bonds. The molecule has 0 aliphatic heterocycles. The number of nitrogens with one attached hydrogen (secondary N) is 1. The topological polar surface area (TPSA) is 54.4 Å². The van der Waals surface area contributed by atoms with Gasteiger partial charge in [0, 0.05) is 7.05 Å². The molecule has 19 heavy (non-hydrogen) atoms. The molecular weight excluding hydrogens is 264 g/mol. The lowest BCUT2D eigenvalue weighted by Crippen LogP contribution is -2.02. The van der Waals surface area contributed by atoms with E-state index in [0.29, 0.717) is 16.5 Å². The first-order chi connectivity index (χ1) is 9.22. The SMILES string of the molecule is CNc1ccc(Cl)c(COc2cccc(CO)c2)n1. The van der Waals surface area contributed by atoms with E-state index in [4.69, 9.17) is 21.4 Å². The summed E-state index contributed by atoms with van der Waals surface area (Å²) in [6.45, 7) is 0.273. The molecule has 4 nitrogen and oxygen atoms in total. The Labute approximate surface area is 117 Å². The van der Waals surface area contributed by atoms with E-state index in [2.05, 4.69) is 10.3 Å². The molecule has 0 aliphatic rings. The summed E-state index contributed by atoms with van der Waals surface area (Å²) in [5.74, 6) is 1.42. The van der Waals surface area contributed by atoms with E-state index >= 15 is 0 Å². The Morgan fingerprint density at radius 2 is 2.16 bits per heavy atom. The lowest BCUT2D eigenvalue weighted by atomic mass is 10.2. The number of aromatic nitrogens is 1. The molecule has 1 heterocycles. The van der Waals surface area contributed by atoms with E-state index in [1.165, 1.54) is 0 Å². The number of rotatable bonds is 5. The van der Waals surface area contributed by atoms with Crippen LogP contribution in [0.2, 0.25) is 5.02 Å². The molecule has 0 saturated heterocycles. The molecule has 0 radical (unpaired) electrons. The number of benzene rings is 1. The van der Waals surface area contributed by atoms with Gasteiger partial charge in [-0.15, -0.1) is 0 Å². The minimum atomic E-state index is -0.00849. The molecule has 1 aromatic carbocycles. The van der Waals surface area contributed by atoms with E-state index < -0.39 is 0 Å². The van der Waals surface area contributed by atoms with Crippen LogP contribution in [0, 0.1) is 0 Å². The van der Waals surface area contributed by atoms with Crippen molar-refractivity contribution in [1.82, 2.24) is 4.98 Å². The van der Waals surface area contributed by atoms with Gasteiger partial charge in [0.15, 0.2) is 0 Å². The quantitative estimate of drug-likeness (QED) is 0.883. The Hall–Kier alpha value is -1.78.